The van der Waals surface area contributed by atoms with E-state index in [0.717, 1.165) is 17.9 Å². The van der Waals surface area contributed by atoms with Gasteiger partial charge in [0.2, 0.25) is 11.8 Å². The van der Waals surface area contributed by atoms with Gasteiger partial charge in [-0.15, -0.1) is 10.2 Å². The van der Waals surface area contributed by atoms with Crippen molar-refractivity contribution in [3.05, 3.63) is 77.5 Å². The third-order valence-electron chi connectivity index (χ3n) is 3.47. The fourth-order valence-electron chi connectivity index (χ4n) is 2.26. The number of benzene rings is 2. The highest BCUT2D eigenvalue weighted by molar-refractivity contribution is 5.27. The summed E-state index contributed by atoms with van der Waals surface area (Å²) >= 11 is 0. The maximum atomic E-state index is 5.66. The average Bonchev–Trinajstić information content (AvgIpc) is 3.04. The molecule has 23 heavy (non-hydrogen) atoms. The Hall–Kier alpha value is -2.66. The maximum Gasteiger partial charge on any atom is 0.230 e. The number of ether oxygens (including phenoxy) is 1. The fourth-order valence-corrected chi connectivity index (χ4v) is 2.26. The number of nitrogens with zero attached hydrogens (tertiary/aromatic N) is 2. The zero-order valence-electron chi connectivity index (χ0n) is 13.0. The normalized spacial score (nSPS) is 10.7. The minimum atomic E-state index is 0.549. The minimum absolute atomic E-state index is 0.549. The predicted octanol–water partition coefficient (Wildman–Crippen LogP) is 2.96. The van der Waals surface area contributed by atoms with Crippen LogP contribution in [0.25, 0.3) is 0 Å². The van der Waals surface area contributed by atoms with Crippen LogP contribution < -0.4 is 10.1 Å². The van der Waals surface area contributed by atoms with E-state index in [0.29, 0.717) is 24.7 Å². The van der Waals surface area contributed by atoms with E-state index in [9.17, 15) is 0 Å². The van der Waals surface area contributed by atoms with E-state index in [2.05, 4.69) is 15.5 Å². The Morgan fingerprint density at radius 1 is 0.870 bits per heavy atom. The van der Waals surface area contributed by atoms with Crippen molar-refractivity contribution in [1.82, 2.24) is 15.5 Å². The molecule has 5 nitrogen and oxygen atoms in total. The number of hydrogen-bond acceptors (Lipinski definition) is 5. The van der Waals surface area contributed by atoms with Gasteiger partial charge in [-0.1, -0.05) is 42.5 Å². The molecule has 0 aliphatic rings. The van der Waals surface area contributed by atoms with Crippen molar-refractivity contribution in [3.63, 3.8) is 0 Å². The highest BCUT2D eigenvalue weighted by atomic mass is 16.5. The van der Waals surface area contributed by atoms with Crippen LogP contribution in [-0.4, -0.2) is 17.3 Å². The van der Waals surface area contributed by atoms with Crippen LogP contribution in [0.15, 0.2) is 59.0 Å². The lowest BCUT2D eigenvalue weighted by Crippen LogP contribution is -2.12. The van der Waals surface area contributed by atoms with E-state index in [1.54, 1.807) is 7.11 Å². The molecule has 0 aliphatic carbocycles. The van der Waals surface area contributed by atoms with E-state index in [-0.39, 0.29) is 0 Å². The highest BCUT2D eigenvalue weighted by Gasteiger charge is 2.06. The van der Waals surface area contributed by atoms with Crippen LogP contribution in [0.2, 0.25) is 0 Å². The monoisotopic (exact) mass is 309 g/mol. The van der Waals surface area contributed by atoms with Crippen LogP contribution >= 0.6 is 0 Å². The molecule has 1 N–H and O–H groups in total. The molecule has 0 spiro atoms. The van der Waals surface area contributed by atoms with Crippen molar-refractivity contribution in [2.75, 3.05) is 7.11 Å². The lowest BCUT2D eigenvalue weighted by molar-refractivity contribution is 0.414. The minimum Gasteiger partial charge on any atom is -0.497 e. The average molecular weight is 309 g/mol. The maximum absolute atomic E-state index is 5.66. The Labute approximate surface area is 135 Å². The Balaban J connectivity index is 1.49. The first kappa shape index (κ1) is 15.2. The second kappa shape index (κ2) is 7.56. The molecule has 5 heteroatoms. The van der Waals surface area contributed by atoms with E-state index < -0.39 is 0 Å². The summed E-state index contributed by atoms with van der Waals surface area (Å²) in [7, 11) is 1.66. The van der Waals surface area contributed by atoms with Gasteiger partial charge in [0.25, 0.3) is 0 Å². The van der Waals surface area contributed by atoms with Gasteiger partial charge in [0, 0.05) is 6.54 Å². The summed E-state index contributed by atoms with van der Waals surface area (Å²) in [6.07, 6.45) is 0.659. The lowest BCUT2D eigenvalue weighted by Gasteiger charge is -2.04. The van der Waals surface area contributed by atoms with E-state index in [1.165, 1.54) is 5.56 Å². The van der Waals surface area contributed by atoms with Crippen LogP contribution in [0.3, 0.4) is 0 Å². The Morgan fingerprint density at radius 3 is 2.35 bits per heavy atom. The van der Waals surface area contributed by atoms with Gasteiger partial charge in [0.1, 0.15) is 5.75 Å². The molecule has 118 valence electrons. The highest BCUT2D eigenvalue weighted by Crippen LogP contribution is 2.11. The van der Waals surface area contributed by atoms with Gasteiger partial charge < -0.3 is 14.5 Å². The summed E-state index contributed by atoms with van der Waals surface area (Å²) in [6.45, 7) is 1.29. The molecule has 0 amide bonds. The molecule has 2 aromatic carbocycles. The first-order chi connectivity index (χ1) is 11.3. The first-order valence-electron chi connectivity index (χ1n) is 7.52. The van der Waals surface area contributed by atoms with Gasteiger partial charge in [-0.2, -0.15) is 0 Å². The predicted molar refractivity (Wildman–Crippen MR) is 87.1 cm³/mol. The van der Waals surface area contributed by atoms with Gasteiger partial charge in [-0.05, 0) is 23.3 Å². The second-order valence-electron chi connectivity index (χ2n) is 5.20. The molecular formula is C18H19N3O2. The largest absolute Gasteiger partial charge is 0.497 e. The number of methoxy groups -OCH3 is 1. The van der Waals surface area contributed by atoms with E-state index >= 15 is 0 Å². The summed E-state index contributed by atoms with van der Waals surface area (Å²) in [5.41, 5.74) is 2.34. The molecule has 1 aromatic heterocycles. The molecule has 0 bridgehead atoms. The summed E-state index contributed by atoms with van der Waals surface area (Å²) in [5.74, 6) is 2.10. The van der Waals surface area contributed by atoms with Crippen LogP contribution in [0.4, 0.5) is 0 Å². The van der Waals surface area contributed by atoms with Crippen molar-refractivity contribution in [2.24, 2.45) is 0 Å². The Kier molecular flexibility index (Phi) is 5.01. The molecule has 3 aromatic rings. The molecule has 0 unspecified atom stereocenters. The smallest absolute Gasteiger partial charge is 0.230 e. The summed E-state index contributed by atoms with van der Waals surface area (Å²) < 4.78 is 10.8. The Morgan fingerprint density at radius 2 is 1.61 bits per heavy atom. The van der Waals surface area contributed by atoms with Crippen molar-refractivity contribution in [2.45, 2.75) is 19.5 Å². The SMILES string of the molecule is COc1ccc(CNCc2nnc(Cc3ccccc3)o2)cc1. The van der Waals surface area contributed by atoms with Crippen LogP contribution in [-0.2, 0) is 19.5 Å². The van der Waals surface area contributed by atoms with Gasteiger partial charge in [-0.25, -0.2) is 0 Å². The molecule has 0 saturated heterocycles. The molecule has 3 rings (SSSR count). The second-order valence-corrected chi connectivity index (χ2v) is 5.20. The van der Waals surface area contributed by atoms with Crippen LogP contribution in [0.5, 0.6) is 5.75 Å². The van der Waals surface area contributed by atoms with Crippen molar-refractivity contribution in [3.8, 4) is 5.75 Å². The van der Waals surface area contributed by atoms with Crippen LogP contribution in [0.1, 0.15) is 22.9 Å². The van der Waals surface area contributed by atoms with Crippen LogP contribution in [0, 0.1) is 0 Å². The molecule has 0 aliphatic heterocycles. The molecule has 0 radical (unpaired) electrons. The summed E-state index contributed by atoms with van der Waals surface area (Å²) in [5, 5.41) is 11.5. The lowest BCUT2D eigenvalue weighted by atomic mass is 10.2. The molecule has 0 fully saturated rings. The van der Waals surface area contributed by atoms with Crippen molar-refractivity contribution < 1.29 is 9.15 Å². The van der Waals surface area contributed by atoms with Gasteiger partial charge in [0.15, 0.2) is 0 Å². The molecule has 0 atom stereocenters. The zero-order chi connectivity index (χ0) is 15.9. The summed E-state index contributed by atoms with van der Waals surface area (Å²) in [6, 6.07) is 18.0. The standard InChI is InChI=1S/C18H19N3O2/c1-22-16-9-7-15(8-10-16)12-19-13-18-21-20-17(23-18)11-14-5-3-2-4-6-14/h2-10,19H,11-13H2,1H3. The molecular weight excluding hydrogens is 290 g/mol. The third kappa shape index (κ3) is 4.40. The number of aromatic nitrogens is 2. The van der Waals surface area contributed by atoms with Gasteiger partial charge >= 0.3 is 0 Å². The van der Waals surface area contributed by atoms with E-state index in [1.807, 2.05) is 54.6 Å². The fraction of sp³-hybridized carbons (Fsp3) is 0.222. The topological polar surface area (TPSA) is 60.2 Å². The van der Waals surface area contributed by atoms with E-state index in [4.69, 9.17) is 9.15 Å². The molecule has 0 saturated carbocycles. The number of nitrogens with one attached hydrogen (secondary N) is 1. The van der Waals surface area contributed by atoms with Crippen molar-refractivity contribution >= 4 is 0 Å². The first-order valence-corrected chi connectivity index (χ1v) is 7.52. The quantitative estimate of drug-likeness (QED) is 0.727. The number of rotatable bonds is 7. The summed E-state index contributed by atoms with van der Waals surface area (Å²) in [4.78, 5) is 0. The number of hydrogen-bond donors (Lipinski definition) is 1. The van der Waals surface area contributed by atoms with Gasteiger partial charge in [0.05, 0.1) is 20.1 Å². The molecule has 1 heterocycles. The van der Waals surface area contributed by atoms with Gasteiger partial charge in [-0.3, -0.25) is 0 Å². The Bertz CT molecular complexity index is 724. The van der Waals surface area contributed by atoms with Crippen molar-refractivity contribution in [1.29, 1.82) is 0 Å². The zero-order valence-corrected chi connectivity index (χ0v) is 13.0. The third-order valence-corrected chi connectivity index (χ3v) is 3.47.